The van der Waals surface area contributed by atoms with Gasteiger partial charge in [0, 0.05) is 12.5 Å². The van der Waals surface area contributed by atoms with E-state index in [0.717, 1.165) is 25.8 Å². The first-order valence-electron chi connectivity index (χ1n) is 4.77. The molecule has 70 valence electrons. The average molecular weight is 169 g/mol. The van der Waals surface area contributed by atoms with E-state index in [2.05, 4.69) is 26.1 Å². The van der Waals surface area contributed by atoms with E-state index in [1.165, 1.54) is 0 Å². The van der Waals surface area contributed by atoms with Gasteiger partial charge >= 0.3 is 0 Å². The highest BCUT2D eigenvalue weighted by Gasteiger charge is 2.26. The Labute approximate surface area is 74.7 Å². The van der Waals surface area contributed by atoms with E-state index in [1.54, 1.807) is 0 Å². The highest BCUT2D eigenvalue weighted by atomic mass is 16.1. The predicted molar refractivity (Wildman–Crippen MR) is 49.8 cm³/mol. The average Bonchev–Trinajstić information content (AvgIpc) is 1.91. The molecular formula is C10H19NO. The predicted octanol–water partition coefficient (Wildman–Crippen LogP) is 1.95. The SMILES string of the molecule is CC(C)(C)CC1CCCNC1=O. The van der Waals surface area contributed by atoms with E-state index in [-0.39, 0.29) is 17.2 Å². The molecule has 1 fully saturated rings. The van der Waals surface area contributed by atoms with Crippen LogP contribution in [0.5, 0.6) is 0 Å². The van der Waals surface area contributed by atoms with Crippen molar-refractivity contribution in [2.24, 2.45) is 11.3 Å². The molecule has 12 heavy (non-hydrogen) atoms. The highest BCUT2D eigenvalue weighted by Crippen LogP contribution is 2.28. The second kappa shape index (κ2) is 3.46. The maximum absolute atomic E-state index is 11.4. The van der Waals surface area contributed by atoms with Crippen LogP contribution in [0.15, 0.2) is 0 Å². The molecule has 1 heterocycles. The Hall–Kier alpha value is -0.530. The first kappa shape index (κ1) is 9.56. The molecule has 1 aliphatic rings. The van der Waals surface area contributed by atoms with Crippen molar-refractivity contribution in [3.05, 3.63) is 0 Å². The number of hydrogen-bond donors (Lipinski definition) is 1. The van der Waals surface area contributed by atoms with Gasteiger partial charge in [0.05, 0.1) is 0 Å². The molecule has 1 amide bonds. The zero-order valence-electron chi connectivity index (χ0n) is 8.31. The summed E-state index contributed by atoms with van der Waals surface area (Å²) >= 11 is 0. The summed E-state index contributed by atoms with van der Waals surface area (Å²) in [6, 6.07) is 0. The van der Waals surface area contributed by atoms with Crippen LogP contribution < -0.4 is 5.32 Å². The Morgan fingerprint density at radius 3 is 2.67 bits per heavy atom. The molecule has 0 aliphatic carbocycles. The lowest BCUT2D eigenvalue weighted by Crippen LogP contribution is -2.38. The Balaban J connectivity index is 2.45. The zero-order chi connectivity index (χ0) is 9.19. The van der Waals surface area contributed by atoms with Crippen molar-refractivity contribution in [3.63, 3.8) is 0 Å². The van der Waals surface area contributed by atoms with E-state index in [0.29, 0.717) is 0 Å². The van der Waals surface area contributed by atoms with Gasteiger partial charge in [-0.2, -0.15) is 0 Å². The number of hydrogen-bond acceptors (Lipinski definition) is 1. The van der Waals surface area contributed by atoms with Crippen molar-refractivity contribution in [1.82, 2.24) is 5.32 Å². The van der Waals surface area contributed by atoms with E-state index < -0.39 is 0 Å². The molecule has 2 heteroatoms. The molecule has 0 aromatic carbocycles. The van der Waals surface area contributed by atoms with Crippen LogP contribution in [0, 0.1) is 11.3 Å². The zero-order valence-corrected chi connectivity index (χ0v) is 8.31. The van der Waals surface area contributed by atoms with E-state index >= 15 is 0 Å². The summed E-state index contributed by atoms with van der Waals surface area (Å²) in [4.78, 5) is 11.4. The lowest BCUT2D eigenvalue weighted by atomic mass is 9.81. The molecule has 1 aliphatic heterocycles. The lowest BCUT2D eigenvalue weighted by molar-refractivity contribution is -0.127. The summed E-state index contributed by atoms with van der Waals surface area (Å²) in [5.41, 5.74) is 0.277. The molecule has 1 saturated heterocycles. The quantitative estimate of drug-likeness (QED) is 0.638. The molecule has 0 spiro atoms. The number of nitrogens with one attached hydrogen (secondary N) is 1. The van der Waals surface area contributed by atoms with Crippen LogP contribution in [-0.2, 0) is 4.79 Å². The van der Waals surface area contributed by atoms with Crippen LogP contribution in [0.4, 0.5) is 0 Å². The van der Waals surface area contributed by atoms with Gasteiger partial charge < -0.3 is 5.32 Å². The number of piperidine rings is 1. The molecule has 0 radical (unpaired) electrons. The van der Waals surface area contributed by atoms with Crippen LogP contribution in [-0.4, -0.2) is 12.5 Å². The monoisotopic (exact) mass is 169 g/mol. The first-order chi connectivity index (χ1) is 5.49. The van der Waals surface area contributed by atoms with Gasteiger partial charge in [-0.25, -0.2) is 0 Å². The second-order valence-electron chi connectivity index (χ2n) is 4.89. The Kier molecular flexibility index (Phi) is 2.76. The number of carbonyl (C=O) groups is 1. The summed E-state index contributed by atoms with van der Waals surface area (Å²) in [5, 5.41) is 2.92. The van der Waals surface area contributed by atoms with Gasteiger partial charge in [0.1, 0.15) is 0 Å². The minimum Gasteiger partial charge on any atom is -0.356 e. The fourth-order valence-corrected chi connectivity index (χ4v) is 1.77. The molecule has 0 bridgehead atoms. The van der Waals surface area contributed by atoms with Crippen molar-refractivity contribution < 1.29 is 4.79 Å². The third-order valence-corrected chi connectivity index (χ3v) is 2.26. The van der Waals surface area contributed by atoms with Crippen molar-refractivity contribution in [1.29, 1.82) is 0 Å². The van der Waals surface area contributed by atoms with E-state index in [9.17, 15) is 4.79 Å². The van der Waals surface area contributed by atoms with Gasteiger partial charge in [-0.1, -0.05) is 20.8 Å². The molecule has 0 aromatic heterocycles. The summed E-state index contributed by atoms with van der Waals surface area (Å²) in [6.07, 6.45) is 3.23. The minimum absolute atomic E-state index is 0.260. The van der Waals surface area contributed by atoms with Gasteiger partial charge in [-0.3, -0.25) is 4.79 Å². The minimum atomic E-state index is 0.260. The standard InChI is InChI=1S/C10H19NO/c1-10(2,3)7-8-5-4-6-11-9(8)12/h8H,4-7H2,1-3H3,(H,11,12). The third-order valence-electron chi connectivity index (χ3n) is 2.26. The molecule has 0 aromatic rings. The smallest absolute Gasteiger partial charge is 0.223 e. The summed E-state index contributed by atoms with van der Waals surface area (Å²) in [7, 11) is 0. The van der Waals surface area contributed by atoms with Crippen LogP contribution >= 0.6 is 0 Å². The van der Waals surface area contributed by atoms with Crippen LogP contribution in [0.2, 0.25) is 0 Å². The normalized spacial score (nSPS) is 25.2. The van der Waals surface area contributed by atoms with E-state index in [1.807, 2.05) is 0 Å². The molecule has 1 unspecified atom stereocenters. The van der Waals surface area contributed by atoms with Gasteiger partial charge in [0.15, 0.2) is 0 Å². The van der Waals surface area contributed by atoms with Crippen molar-refractivity contribution in [3.8, 4) is 0 Å². The maximum atomic E-state index is 11.4. The third kappa shape index (κ3) is 2.84. The first-order valence-corrected chi connectivity index (χ1v) is 4.77. The molecule has 2 nitrogen and oxygen atoms in total. The van der Waals surface area contributed by atoms with Gasteiger partial charge in [0.2, 0.25) is 5.91 Å². The Morgan fingerprint density at radius 2 is 2.17 bits per heavy atom. The lowest BCUT2D eigenvalue weighted by Gasteiger charge is -2.28. The van der Waals surface area contributed by atoms with E-state index in [4.69, 9.17) is 0 Å². The van der Waals surface area contributed by atoms with Crippen molar-refractivity contribution >= 4 is 5.91 Å². The topological polar surface area (TPSA) is 29.1 Å². The fraction of sp³-hybridized carbons (Fsp3) is 0.900. The summed E-state index contributed by atoms with van der Waals surface area (Å²) in [5.74, 6) is 0.523. The summed E-state index contributed by atoms with van der Waals surface area (Å²) in [6.45, 7) is 7.44. The highest BCUT2D eigenvalue weighted by molar-refractivity contribution is 5.79. The molecule has 0 saturated carbocycles. The van der Waals surface area contributed by atoms with Gasteiger partial charge in [-0.15, -0.1) is 0 Å². The molecule has 1 rings (SSSR count). The number of rotatable bonds is 1. The second-order valence-corrected chi connectivity index (χ2v) is 4.89. The van der Waals surface area contributed by atoms with Crippen molar-refractivity contribution in [2.45, 2.75) is 40.0 Å². The van der Waals surface area contributed by atoms with Gasteiger partial charge in [-0.05, 0) is 24.7 Å². The number of amides is 1. The number of carbonyl (C=O) groups excluding carboxylic acids is 1. The van der Waals surface area contributed by atoms with Crippen LogP contribution in [0.25, 0.3) is 0 Å². The van der Waals surface area contributed by atoms with Crippen LogP contribution in [0.3, 0.4) is 0 Å². The van der Waals surface area contributed by atoms with Crippen molar-refractivity contribution in [2.75, 3.05) is 6.54 Å². The fourth-order valence-electron chi connectivity index (χ4n) is 1.77. The molecular weight excluding hydrogens is 150 g/mol. The maximum Gasteiger partial charge on any atom is 0.223 e. The van der Waals surface area contributed by atoms with Crippen LogP contribution in [0.1, 0.15) is 40.0 Å². The Morgan fingerprint density at radius 1 is 1.50 bits per heavy atom. The molecule has 1 atom stereocenters. The Bertz CT molecular complexity index is 169. The van der Waals surface area contributed by atoms with Gasteiger partial charge in [0.25, 0.3) is 0 Å². The summed E-state index contributed by atoms with van der Waals surface area (Å²) < 4.78 is 0. The molecule has 1 N–H and O–H groups in total. The largest absolute Gasteiger partial charge is 0.356 e.